The molecule has 1 aromatic carbocycles. The van der Waals surface area contributed by atoms with Crippen molar-refractivity contribution in [1.82, 2.24) is 9.80 Å². The van der Waals surface area contributed by atoms with Gasteiger partial charge in [0.05, 0.1) is 12.2 Å². The molecule has 2 heterocycles. The highest BCUT2D eigenvalue weighted by atomic mass is 16.5. The number of benzene rings is 1. The van der Waals surface area contributed by atoms with Crippen LogP contribution in [-0.2, 0) is 11.3 Å². The van der Waals surface area contributed by atoms with E-state index >= 15 is 0 Å². The van der Waals surface area contributed by atoms with Crippen molar-refractivity contribution in [2.24, 2.45) is 5.92 Å². The lowest BCUT2D eigenvalue weighted by molar-refractivity contribution is -0.123. The van der Waals surface area contributed by atoms with E-state index in [0.29, 0.717) is 25.7 Å². The van der Waals surface area contributed by atoms with Crippen LogP contribution in [0.5, 0.6) is 0 Å². The molecule has 138 valence electrons. The first-order valence-electron chi connectivity index (χ1n) is 9.23. The van der Waals surface area contributed by atoms with Gasteiger partial charge in [-0.25, -0.2) is 0 Å². The Balaban J connectivity index is 1.74. The number of amides is 1. The van der Waals surface area contributed by atoms with Crippen LogP contribution in [0, 0.1) is 5.92 Å². The molecule has 0 radical (unpaired) electrons. The number of ether oxygens (including phenoxy) is 1. The molecule has 0 bridgehead atoms. The molecule has 0 unspecified atom stereocenters. The molecule has 5 heteroatoms. The van der Waals surface area contributed by atoms with Crippen LogP contribution in [0.2, 0.25) is 0 Å². The Hall–Kier alpha value is -1.43. The molecule has 1 aromatic rings. The third-order valence-corrected chi connectivity index (χ3v) is 5.69. The molecular formula is C20H30N2O3. The predicted molar refractivity (Wildman–Crippen MR) is 97.4 cm³/mol. The van der Waals surface area contributed by atoms with Crippen LogP contribution < -0.4 is 0 Å². The minimum Gasteiger partial charge on any atom is -0.390 e. The molecule has 2 fully saturated rings. The molecule has 1 amide bonds. The minimum absolute atomic E-state index is 0.0310. The zero-order valence-corrected chi connectivity index (χ0v) is 15.6. The Morgan fingerprint density at radius 1 is 1.44 bits per heavy atom. The van der Waals surface area contributed by atoms with Gasteiger partial charge in [-0.05, 0) is 50.4 Å². The summed E-state index contributed by atoms with van der Waals surface area (Å²) in [5.41, 5.74) is 1.22. The Kier molecular flexibility index (Phi) is 5.46. The van der Waals surface area contributed by atoms with Crippen molar-refractivity contribution in [3.8, 4) is 0 Å². The third kappa shape index (κ3) is 4.05. The van der Waals surface area contributed by atoms with Gasteiger partial charge in [0.25, 0.3) is 5.91 Å². The first-order valence-corrected chi connectivity index (χ1v) is 9.23. The van der Waals surface area contributed by atoms with Crippen LogP contribution in [0.15, 0.2) is 24.3 Å². The summed E-state index contributed by atoms with van der Waals surface area (Å²) in [6, 6.07) is 8.23. The summed E-state index contributed by atoms with van der Waals surface area (Å²) in [5, 5.41) is 10.8. The number of carbonyl (C=O) groups is 1. The zero-order chi connectivity index (χ0) is 18.0. The number of hydrogen-bond acceptors (Lipinski definition) is 4. The fraction of sp³-hybridized carbons (Fsp3) is 0.650. The summed E-state index contributed by atoms with van der Waals surface area (Å²) < 4.78 is 5.67. The van der Waals surface area contributed by atoms with Gasteiger partial charge in [-0.2, -0.15) is 0 Å². The van der Waals surface area contributed by atoms with E-state index in [1.54, 1.807) is 19.0 Å². The van der Waals surface area contributed by atoms with E-state index in [4.69, 9.17) is 4.74 Å². The molecule has 2 aliphatic rings. The number of nitrogens with zero attached hydrogens (tertiary/aromatic N) is 2. The van der Waals surface area contributed by atoms with Gasteiger partial charge in [0, 0.05) is 44.8 Å². The highest BCUT2D eigenvalue weighted by Gasteiger charge is 2.43. The first-order chi connectivity index (χ1) is 11.9. The Bertz CT molecular complexity index is 615. The summed E-state index contributed by atoms with van der Waals surface area (Å²) in [7, 11) is 3.55. The maximum atomic E-state index is 12.2. The lowest BCUT2D eigenvalue weighted by Crippen LogP contribution is -2.52. The van der Waals surface area contributed by atoms with Crippen molar-refractivity contribution in [3.05, 3.63) is 35.4 Å². The van der Waals surface area contributed by atoms with E-state index in [1.807, 2.05) is 25.1 Å². The Morgan fingerprint density at radius 3 is 2.96 bits per heavy atom. The summed E-state index contributed by atoms with van der Waals surface area (Å²) in [6.45, 7) is 5.07. The molecule has 3 rings (SSSR count). The monoisotopic (exact) mass is 346 g/mol. The Labute approximate surface area is 150 Å². The van der Waals surface area contributed by atoms with Crippen LogP contribution in [0.4, 0.5) is 0 Å². The number of carbonyl (C=O) groups excluding carboxylic acids is 1. The van der Waals surface area contributed by atoms with E-state index in [-0.39, 0.29) is 11.8 Å². The minimum atomic E-state index is -0.658. The molecule has 0 saturated carbocycles. The molecule has 0 aliphatic carbocycles. The summed E-state index contributed by atoms with van der Waals surface area (Å²) in [4.78, 5) is 16.3. The van der Waals surface area contributed by atoms with Gasteiger partial charge in [0.15, 0.2) is 0 Å². The van der Waals surface area contributed by atoms with Crippen LogP contribution in [0.25, 0.3) is 0 Å². The van der Waals surface area contributed by atoms with E-state index in [2.05, 4.69) is 11.0 Å². The van der Waals surface area contributed by atoms with Crippen molar-refractivity contribution < 1.29 is 14.6 Å². The molecular weight excluding hydrogens is 316 g/mol. The SMILES string of the molecule is CN(C)C(=O)c1cccc(CN2CCC[C@@H]2[C@H]2COCC[C@@]2(C)O)c1. The van der Waals surface area contributed by atoms with Crippen LogP contribution in [0.1, 0.15) is 42.1 Å². The largest absolute Gasteiger partial charge is 0.390 e. The molecule has 2 saturated heterocycles. The zero-order valence-electron chi connectivity index (χ0n) is 15.6. The number of likely N-dealkylation sites (tertiary alicyclic amines) is 1. The summed E-state index contributed by atoms with van der Waals surface area (Å²) in [6.07, 6.45) is 2.95. The number of hydrogen-bond donors (Lipinski definition) is 1. The summed E-state index contributed by atoms with van der Waals surface area (Å²) >= 11 is 0. The topological polar surface area (TPSA) is 53.0 Å². The standard InChI is InChI=1S/C20H30N2O3/c1-20(24)9-11-25-14-17(20)18-8-5-10-22(18)13-15-6-4-7-16(12-15)19(23)21(2)3/h4,6-7,12,17-18,24H,5,8-11,13-14H2,1-3H3/t17-,18-,20-/m1/s1. The van der Waals surface area contributed by atoms with E-state index in [0.717, 1.165) is 37.1 Å². The van der Waals surface area contributed by atoms with Gasteiger partial charge in [-0.1, -0.05) is 12.1 Å². The third-order valence-electron chi connectivity index (χ3n) is 5.69. The molecule has 5 nitrogen and oxygen atoms in total. The van der Waals surface area contributed by atoms with E-state index in [9.17, 15) is 9.90 Å². The number of rotatable bonds is 4. The fourth-order valence-corrected chi connectivity index (χ4v) is 4.18. The van der Waals surface area contributed by atoms with E-state index < -0.39 is 5.60 Å². The lowest BCUT2D eigenvalue weighted by atomic mass is 9.79. The van der Waals surface area contributed by atoms with Crippen LogP contribution in [0.3, 0.4) is 0 Å². The molecule has 2 aliphatic heterocycles. The van der Waals surface area contributed by atoms with E-state index in [1.165, 1.54) is 0 Å². The molecule has 0 spiro atoms. The average molecular weight is 346 g/mol. The second-order valence-corrected chi connectivity index (χ2v) is 7.87. The van der Waals surface area contributed by atoms with Gasteiger partial charge in [0.1, 0.15) is 0 Å². The van der Waals surface area contributed by atoms with Crippen molar-refractivity contribution in [1.29, 1.82) is 0 Å². The lowest BCUT2D eigenvalue weighted by Gasteiger charge is -2.43. The smallest absolute Gasteiger partial charge is 0.253 e. The van der Waals surface area contributed by atoms with Gasteiger partial charge < -0.3 is 14.7 Å². The molecule has 3 atom stereocenters. The predicted octanol–water partition coefficient (Wildman–Crippen LogP) is 2.14. The van der Waals surface area contributed by atoms with Gasteiger partial charge >= 0.3 is 0 Å². The maximum absolute atomic E-state index is 12.2. The quantitative estimate of drug-likeness (QED) is 0.908. The van der Waals surface area contributed by atoms with Gasteiger partial charge in [-0.3, -0.25) is 9.69 Å². The highest BCUT2D eigenvalue weighted by Crippen LogP contribution is 2.36. The van der Waals surface area contributed by atoms with Crippen molar-refractivity contribution in [2.75, 3.05) is 33.9 Å². The van der Waals surface area contributed by atoms with Crippen molar-refractivity contribution in [2.45, 2.75) is 44.4 Å². The number of aliphatic hydroxyl groups is 1. The van der Waals surface area contributed by atoms with Crippen molar-refractivity contribution in [3.63, 3.8) is 0 Å². The molecule has 25 heavy (non-hydrogen) atoms. The molecule has 1 N–H and O–H groups in total. The summed E-state index contributed by atoms with van der Waals surface area (Å²) in [5.74, 6) is 0.179. The second kappa shape index (κ2) is 7.44. The van der Waals surface area contributed by atoms with Crippen LogP contribution in [-0.4, -0.2) is 66.3 Å². The fourth-order valence-electron chi connectivity index (χ4n) is 4.18. The average Bonchev–Trinajstić information content (AvgIpc) is 3.01. The first kappa shape index (κ1) is 18.4. The van der Waals surface area contributed by atoms with Gasteiger partial charge in [0.2, 0.25) is 0 Å². The van der Waals surface area contributed by atoms with Gasteiger partial charge in [-0.15, -0.1) is 0 Å². The Morgan fingerprint density at radius 2 is 2.24 bits per heavy atom. The normalized spacial score (nSPS) is 30.4. The highest BCUT2D eigenvalue weighted by molar-refractivity contribution is 5.94. The molecule has 0 aromatic heterocycles. The van der Waals surface area contributed by atoms with Crippen LogP contribution >= 0.6 is 0 Å². The maximum Gasteiger partial charge on any atom is 0.253 e. The van der Waals surface area contributed by atoms with Crippen molar-refractivity contribution >= 4 is 5.91 Å². The second-order valence-electron chi connectivity index (χ2n) is 7.87.